The Bertz CT molecular complexity index is 967. The molecule has 1 N–H and O–H groups in total. The first-order valence-electron chi connectivity index (χ1n) is 7.82. The molecule has 2 amide bonds. The summed E-state index contributed by atoms with van der Waals surface area (Å²) < 4.78 is 24.8. The number of carbonyl (C=O) groups excluding carboxylic acids is 2. The summed E-state index contributed by atoms with van der Waals surface area (Å²) in [6, 6.07) is 11.6. The summed E-state index contributed by atoms with van der Waals surface area (Å²) in [5, 5.41) is 2.78. The second kappa shape index (κ2) is 6.33. The van der Waals surface area contributed by atoms with Crippen LogP contribution in [0.25, 0.3) is 0 Å². The Kier molecular flexibility index (Phi) is 4.34. The molecule has 0 spiro atoms. The lowest BCUT2D eigenvalue weighted by Gasteiger charge is -2.16. The van der Waals surface area contributed by atoms with Crippen LogP contribution in [0.15, 0.2) is 42.5 Å². The number of nitrogens with zero attached hydrogens (tertiary/aromatic N) is 1. The quantitative estimate of drug-likeness (QED) is 0.914. The zero-order valence-electron chi connectivity index (χ0n) is 13.9. The van der Waals surface area contributed by atoms with Gasteiger partial charge in [-0.05, 0) is 55.3 Å². The zero-order valence-corrected chi connectivity index (χ0v) is 14.8. The van der Waals surface area contributed by atoms with Crippen LogP contribution in [0.2, 0.25) is 0 Å². The molecule has 130 valence electrons. The monoisotopic (exact) mass is 358 g/mol. The molecule has 0 aromatic heterocycles. The molecular formula is C18H18N2O4S. The Morgan fingerprint density at radius 2 is 1.84 bits per heavy atom. The average Bonchev–Trinajstić information content (AvgIpc) is 2.84. The number of hydrogen-bond donors (Lipinski definition) is 1. The number of anilines is 2. The third kappa shape index (κ3) is 3.41. The Morgan fingerprint density at radius 3 is 2.48 bits per heavy atom. The number of carbonyl (C=O) groups is 2. The highest BCUT2D eigenvalue weighted by molar-refractivity contribution is 7.94. The van der Waals surface area contributed by atoms with Crippen LogP contribution in [0, 0.1) is 13.8 Å². The van der Waals surface area contributed by atoms with E-state index in [0.29, 0.717) is 5.69 Å². The van der Waals surface area contributed by atoms with E-state index in [9.17, 15) is 18.0 Å². The first-order chi connectivity index (χ1) is 11.8. The Balaban J connectivity index is 1.87. The molecular weight excluding hydrogens is 340 g/mol. The van der Waals surface area contributed by atoms with Crippen molar-refractivity contribution in [3.05, 3.63) is 59.2 Å². The minimum Gasteiger partial charge on any atom is -0.322 e. The second-order valence-electron chi connectivity index (χ2n) is 6.03. The predicted octanol–water partition coefficient (Wildman–Crippen LogP) is 2.62. The summed E-state index contributed by atoms with van der Waals surface area (Å²) >= 11 is 0. The van der Waals surface area contributed by atoms with Gasteiger partial charge in [0, 0.05) is 17.7 Å². The van der Waals surface area contributed by atoms with Crippen LogP contribution in [0.3, 0.4) is 0 Å². The molecule has 25 heavy (non-hydrogen) atoms. The number of aryl methyl sites for hydroxylation is 2. The molecule has 0 saturated carbocycles. The average molecular weight is 358 g/mol. The van der Waals surface area contributed by atoms with Crippen LogP contribution in [-0.4, -0.2) is 26.0 Å². The first-order valence-corrected chi connectivity index (χ1v) is 9.43. The van der Waals surface area contributed by atoms with Gasteiger partial charge in [-0.25, -0.2) is 12.7 Å². The van der Waals surface area contributed by atoms with Gasteiger partial charge in [-0.1, -0.05) is 12.1 Å². The van der Waals surface area contributed by atoms with Crippen molar-refractivity contribution in [2.75, 3.05) is 15.4 Å². The highest BCUT2D eigenvalue weighted by Gasteiger charge is 2.36. The van der Waals surface area contributed by atoms with E-state index >= 15 is 0 Å². The van der Waals surface area contributed by atoms with E-state index in [1.54, 1.807) is 18.2 Å². The van der Waals surface area contributed by atoms with Crippen LogP contribution in [-0.2, 0) is 14.8 Å². The fourth-order valence-corrected chi connectivity index (χ4v) is 4.12. The third-order valence-corrected chi connectivity index (χ3v) is 5.88. The number of amides is 2. The van der Waals surface area contributed by atoms with E-state index in [-0.39, 0.29) is 29.3 Å². The van der Waals surface area contributed by atoms with E-state index in [1.165, 1.54) is 12.1 Å². The normalized spacial score (nSPS) is 16.1. The van der Waals surface area contributed by atoms with Crippen LogP contribution < -0.4 is 9.62 Å². The van der Waals surface area contributed by atoms with Gasteiger partial charge in [0.15, 0.2) is 0 Å². The van der Waals surface area contributed by atoms with Gasteiger partial charge in [-0.3, -0.25) is 9.59 Å². The lowest BCUT2D eigenvalue weighted by molar-refractivity contribution is -0.116. The van der Waals surface area contributed by atoms with Crippen molar-refractivity contribution in [2.45, 2.75) is 20.3 Å². The fourth-order valence-electron chi connectivity index (χ4n) is 2.66. The van der Waals surface area contributed by atoms with Gasteiger partial charge in [-0.2, -0.15) is 0 Å². The van der Waals surface area contributed by atoms with Crippen molar-refractivity contribution in [1.82, 2.24) is 0 Å². The van der Waals surface area contributed by atoms with Crippen molar-refractivity contribution in [2.24, 2.45) is 0 Å². The molecule has 7 heteroatoms. The third-order valence-electron chi connectivity index (χ3n) is 4.19. The number of benzene rings is 2. The number of hydrogen-bond acceptors (Lipinski definition) is 4. The molecule has 2 aromatic carbocycles. The van der Waals surface area contributed by atoms with E-state index in [1.807, 2.05) is 26.0 Å². The summed E-state index contributed by atoms with van der Waals surface area (Å²) in [6.07, 6.45) is -0.0403. The molecule has 0 radical (unpaired) electrons. The number of sulfonamides is 1. The molecule has 1 aliphatic heterocycles. The maximum absolute atomic E-state index is 12.5. The minimum atomic E-state index is -3.65. The molecule has 3 rings (SSSR count). The van der Waals surface area contributed by atoms with Gasteiger partial charge in [0.2, 0.25) is 15.9 Å². The van der Waals surface area contributed by atoms with Crippen LogP contribution >= 0.6 is 0 Å². The van der Waals surface area contributed by atoms with E-state index in [4.69, 9.17) is 0 Å². The van der Waals surface area contributed by atoms with Crippen molar-refractivity contribution in [3.8, 4) is 0 Å². The highest BCUT2D eigenvalue weighted by Crippen LogP contribution is 2.26. The minimum absolute atomic E-state index is 0.0403. The molecule has 0 bridgehead atoms. The van der Waals surface area contributed by atoms with Gasteiger partial charge < -0.3 is 5.32 Å². The van der Waals surface area contributed by atoms with Gasteiger partial charge in [0.1, 0.15) is 0 Å². The molecule has 0 atom stereocenters. The van der Waals surface area contributed by atoms with Crippen molar-refractivity contribution in [1.29, 1.82) is 0 Å². The lowest BCUT2D eigenvalue weighted by atomic mass is 10.1. The fraction of sp³-hybridized carbons (Fsp3) is 0.222. The number of rotatable bonds is 3. The molecule has 6 nitrogen and oxygen atoms in total. The summed E-state index contributed by atoms with van der Waals surface area (Å²) in [4.78, 5) is 24.3. The highest BCUT2D eigenvalue weighted by atomic mass is 32.2. The largest absolute Gasteiger partial charge is 0.322 e. The second-order valence-corrected chi connectivity index (χ2v) is 7.96. The van der Waals surface area contributed by atoms with Crippen molar-refractivity contribution < 1.29 is 18.0 Å². The molecule has 1 heterocycles. The molecule has 1 aliphatic rings. The van der Waals surface area contributed by atoms with Gasteiger partial charge >= 0.3 is 0 Å². The first kappa shape index (κ1) is 17.2. The van der Waals surface area contributed by atoms with Gasteiger partial charge in [0.05, 0.1) is 11.4 Å². The molecule has 1 fully saturated rings. The summed E-state index contributed by atoms with van der Waals surface area (Å²) in [5.41, 5.74) is 3.31. The number of nitrogens with one attached hydrogen (secondary N) is 1. The zero-order chi connectivity index (χ0) is 18.2. The SMILES string of the molecule is Cc1ccc(NC(=O)c2cccc(N3C(=O)CCS3(=O)=O)c2)cc1C. The summed E-state index contributed by atoms with van der Waals surface area (Å²) in [7, 11) is -3.65. The van der Waals surface area contributed by atoms with Crippen molar-refractivity contribution >= 4 is 33.2 Å². The Labute approximate surface area is 146 Å². The molecule has 0 unspecified atom stereocenters. The van der Waals surface area contributed by atoms with E-state index in [0.717, 1.165) is 15.4 Å². The summed E-state index contributed by atoms with van der Waals surface area (Å²) in [5.74, 6) is -1.05. The smallest absolute Gasteiger partial charge is 0.255 e. The Hall–Kier alpha value is -2.67. The molecule has 1 saturated heterocycles. The standard InChI is InChI=1S/C18H18N2O4S/c1-12-6-7-15(10-13(12)2)19-18(22)14-4-3-5-16(11-14)20-17(21)8-9-25(20,23)24/h3-7,10-11H,8-9H2,1-2H3,(H,19,22). The van der Waals surface area contributed by atoms with E-state index < -0.39 is 15.9 Å². The molecule has 0 aliphatic carbocycles. The van der Waals surface area contributed by atoms with Crippen LogP contribution in [0.5, 0.6) is 0 Å². The maximum Gasteiger partial charge on any atom is 0.255 e. The Morgan fingerprint density at radius 1 is 1.08 bits per heavy atom. The van der Waals surface area contributed by atoms with Gasteiger partial charge in [-0.15, -0.1) is 0 Å². The topological polar surface area (TPSA) is 83.6 Å². The van der Waals surface area contributed by atoms with E-state index in [2.05, 4.69) is 5.32 Å². The predicted molar refractivity (Wildman–Crippen MR) is 96.2 cm³/mol. The summed E-state index contributed by atoms with van der Waals surface area (Å²) in [6.45, 7) is 3.94. The van der Waals surface area contributed by atoms with Crippen LogP contribution in [0.4, 0.5) is 11.4 Å². The lowest BCUT2D eigenvalue weighted by Crippen LogP contribution is -2.29. The van der Waals surface area contributed by atoms with Crippen LogP contribution in [0.1, 0.15) is 27.9 Å². The van der Waals surface area contributed by atoms with Gasteiger partial charge in [0.25, 0.3) is 5.91 Å². The molecule has 2 aromatic rings. The maximum atomic E-state index is 12.5. The van der Waals surface area contributed by atoms with Crippen molar-refractivity contribution in [3.63, 3.8) is 0 Å².